The van der Waals surface area contributed by atoms with Crippen molar-refractivity contribution >= 4 is 11.8 Å². The molecular formula is C8H10N2O3. The molecule has 70 valence electrons. The van der Waals surface area contributed by atoms with E-state index in [0.717, 1.165) is 0 Å². The second-order valence-corrected chi connectivity index (χ2v) is 2.79. The Morgan fingerprint density at radius 2 is 2.31 bits per heavy atom. The second kappa shape index (κ2) is 3.84. The smallest absolute Gasteiger partial charge is 0.356 e. The van der Waals surface area contributed by atoms with Gasteiger partial charge in [-0.15, -0.1) is 0 Å². The second-order valence-electron chi connectivity index (χ2n) is 2.79. The molecule has 5 heteroatoms. The molecule has 0 aliphatic heterocycles. The Balaban J connectivity index is 2.59. The fraction of sp³-hybridized carbons (Fsp3) is 0.375. The average Bonchev–Trinajstić information content (AvgIpc) is 2.48. The molecule has 0 radical (unpaired) electrons. The first kappa shape index (κ1) is 9.44. The van der Waals surface area contributed by atoms with Crippen LogP contribution in [0.1, 0.15) is 29.5 Å². The van der Waals surface area contributed by atoms with Crippen molar-refractivity contribution in [3.63, 3.8) is 0 Å². The third kappa shape index (κ3) is 2.70. The highest BCUT2D eigenvalue weighted by molar-refractivity contribution is 5.85. The van der Waals surface area contributed by atoms with Crippen LogP contribution >= 0.6 is 0 Å². The number of carboxylic acids is 1. The maximum Gasteiger partial charge on any atom is 0.356 e. The van der Waals surface area contributed by atoms with Gasteiger partial charge in [0.05, 0.1) is 0 Å². The SMILES string of the molecule is CC(=O)CCc1cc(C(=O)O)n[nH]1. The normalized spacial score (nSPS) is 9.92. The molecule has 0 aliphatic carbocycles. The van der Waals surface area contributed by atoms with Crippen molar-refractivity contribution in [3.8, 4) is 0 Å². The Morgan fingerprint density at radius 3 is 2.77 bits per heavy atom. The summed E-state index contributed by atoms with van der Waals surface area (Å²) in [6.07, 6.45) is 0.914. The molecule has 0 unspecified atom stereocenters. The molecule has 2 N–H and O–H groups in total. The van der Waals surface area contributed by atoms with Gasteiger partial charge in [-0.3, -0.25) is 5.10 Å². The van der Waals surface area contributed by atoms with Gasteiger partial charge >= 0.3 is 5.97 Å². The molecule has 1 aromatic heterocycles. The van der Waals surface area contributed by atoms with Gasteiger partial charge in [-0.1, -0.05) is 0 Å². The number of hydrogen-bond acceptors (Lipinski definition) is 3. The summed E-state index contributed by atoms with van der Waals surface area (Å²) in [6.45, 7) is 1.49. The summed E-state index contributed by atoms with van der Waals surface area (Å²) in [6, 6.07) is 1.44. The number of carbonyl (C=O) groups is 2. The third-order valence-corrected chi connectivity index (χ3v) is 1.60. The predicted molar refractivity (Wildman–Crippen MR) is 44.5 cm³/mol. The number of aromatic carboxylic acids is 1. The highest BCUT2D eigenvalue weighted by Crippen LogP contribution is 2.02. The minimum atomic E-state index is -1.06. The number of ketones is 1. The quantitative estimate of drug-likeness (QED) is 0.715. The molecule has 1 aromatic rings. The molecule has 1 heterocycles. The number of H-pyrrole nitrogens is 1. The van der Waals surface area contributed by atoms with E-state index in [2.05, 4.69) is 10.2 Å². The van der Waals surface area contributed by atoms with Crippen molar-refractivity contribution in [3.05, 3.63) is 17.5 Å². The van der Waals surface area contributed by atoms with E-state index in [9.17, 15) is 9.59 Å². The molecule has 0 aromatic carbocycles. The number of aryl methyl sites for hydroxylation is 1. The van der Waals surface area contributed by atoms with E-state index in [-0.39, 0.29) is 11.5 Å². The highest BCUT2D eigenvalue weighted by Gasteiger charge is 2.07. The maximum atomic E-state index is 10.6. The summed E-state index contributed by atoms with van der Waals surface area (Å²) in [7, 11) is 0. The molecule has 0 saturated heterocycles. The summed E-state index contributed by atoms with van der Waals surface area (Å²) in [5.41, 5.74) is 0.658. The van der Waals surface area contributed by atoms with Crippen molar-refractivity contribution in [1.82, 2.24) is 10.2 Å². The fourth-order valence-corrected chi connectivity index (χ4v) is 0.910. The fourth-order valence-electron chi connectivity index (χ4n) is 0.910. The number of nitrogens with one attached hydrogen (secondary N) is 1. The summed E-state index contributed by atoms with van der Waals surface area (Å²) < 4.78 is 0. The molecular weight excluding hydrogens is 172 g/mol. The van der Waals surface area contributed by atoms with Gasteiger partial charge in [-0.25, -0.2) is 4.79 Å². The highest BCUT2D eigenvalue weighted by atomic mass is 16.4. The lowest BCUT2D eigenvalue weighted by atomic mass is 10.2. The first-order chi connectivity index (χ1) is 6.09. The number of carbonyl (C=O) groups excluding carboxylic acids is 1. The summed E-state index contributed by atoms with van der Waals surface area (Å²) in [4.78, 5) is 21.0. The minimum absolute atomic E-state index is 0.0152. The van der Waals surface area contributed by atoms with Crippen LogP contribution in [0, 0.1) is 0 Å². The van der Waals surface area contributed by atoms with Crippen LogP contribution < -0.4 is 0 Å². The largest absolute Gasteiger partial charge is 0.476 e. The van der Waals surface area contributed by atoms with Crippen LogP contribution in [0.25, 0.3) is 0 Å². The van der Waals surface area contributed by atoms with Gasteiger partial charge < -0.3 is 9.90 Å². The number of aromatic amines is 1. The van der Waals surface area contributed by atoms with Crippen LogP contribution in [0.4, 0.5) is 0 Å². The zero-order valence-corrected chi connectivity index (χ0v) is 7.20. The molecule has 0 atom stereocenters. The monoisotopic (exact) mass is 182 g/mol. The molecule has 0 aliphatic rings. The molecule has 0 spiro atoms. The average molecular weight is 182 g/mol. The Morgan fingerprint density at radius 1 is 1.62 bits per heavy atom. The first-order valence-electron chi connectivity index (χ1n) is 3.86. The van der Waals surface area contributed by atoms with Gasteiger partial charge in [0.15, 0.2) is 5.69 Å². The van der Waals surface area contributed by atoms with Gasteiger partial charge in [-0.05, 0) is 19.4 Å². The van der Waals surface area contributed by atoms with Crippen LogP contribution in [-0.4, -0.2) is 27.1 Å². The van der Waals surface area contributed by atoms with Crippen molar-refractivity contribution in [1.29, 1.82) is 0 Å². The van der Waals surface area contributed by atoms with Crippen molar-refractivity contribution in [2.24, 2.45) is 0 Å². The van der Waals surface area contributed by atoms with E-state index in [1.165, 1.54) is 13.0 Å². The van der Waals surface area contributed by atoms with Crippen LogP contribution in [0.3, 0.4) is 0 Å². The molecule has 0 saturated carbocycles. The van der Waals surface area contributed by atoms with E-state index in [4.69, 9.17) is 5.11 Å². The lowest BCUT2D eigenvalue weighted by molar-refractivity contribution is -0.117. The van der Waals surface area contributed by atoms with Gasteiger partial charge in [0.25, 0.3) is 0 Å². The van der Waals surface area contributed by atoms with Crippen molar-refractivity contribution in [2.45, 2.75) is 19.8 Å². The van der Waals surface area contributed by atoms with Gasteiger partial charge in [0.2, 0.25) is 0 Å². The number of Topliss-reactive ketones (excluding diaryl/α,β-unsaturated/α-hetero) is 1. The number of carboxylic acid groups (broad SMARTS) is 1. The lowest BCUT2D eigenvalue weighted by Gasteiger charge is -1.90. The first-order valence-corrected chi connectivity index (χ1v) is 3.86. The zero-order chi connectivity index (χ0) is 9.84. The van der Waals surface area contributed by atoms with Gasteiger partial charge in [0, 0.05) is 12.1 Å². The molecule has 0 fully saturated rings. The zero-order valence-electron chi connectivity index (χ0n) is 7.20. The third-order valence-electron chi connectivity index (χ3n) is 1.60. The molecule has 5 nitrogen and oxygen atoms in total. The van der Waals surface area contributed by atoms with Gasteiger partial charge in [0.1, 0.15) is 5.78 Å². The Labute approximate surface area is 74.8 Å². The van der Waals surface area contributed by atoms with Crippen LogP contribution in [-0.2, 0) is 11.2 Å². The topological polar surface area (TPSA) is 83.1 Å². The van der Waals surface area contributed by atoms with Crippen molar-refractivity contribution < 1.29 is 14.7 Å². The van der Waals surface area contributed by atoms with E-state index >= 15 is 0 Å². The molecule has 13 heavy (non-hydrogen) atoms. The summed E-state index contributed by atoms with van der Waals surface area (Å²) in [5, 5.41) is 14.6. The van der Waals surface area contributed by atoms with Gasteiger partial charge in [-0.2, -0.15) is 5.10 Å². The molecule has 1 rings (SSSR count). The predicted octanol–water partition coefficient (Wildman–Crippen LogP) is 0.629. The van der Waals surface area contributed by atoms with E-state index in [0.29, 0.717) is 18.5 Å². The molecule has 0 bridgehead atoms. The summed E-state index contributed by atoms with van der Waals surface area (Å²) >= 11 is 0. The Bertz CT molecular complexity index is 330. The van der Waals surface area contributed by atoms with Crippen LogP contribution in [0.15, 0.2) is 6.07 Å². The number of aromatic nitrogens is 2. The van der Waals surface area contributed by atoms with Crippen molar-refractivity contribution in [2.75, 3.05) is 0 Å². The lowest BCUT2D eigenvalue weighted by Crippen LogP contribution is -1.95. The number of nitrogens with zero attached hydrogens (tertiary/aromatic N) is 1. The standard InChI is InChI=1S/C8H10N2O3/c1-5(11)2-3-6-4-7(8(12)13)10-9-6/h4H,2-3H2,1H3,(H,9,10)(H,12,13). The summed E-state index contributed by atoms with van der Waals surface area (Å²) in [5.74, 6) is -0.989. The Hall–Kier alpha value is -1.65. The minimum Gasteiger partial charge on any atom is -0.476 e. The van der Waals surface area contributed by atoms with Crippen LogP contribution in [0.5, 0.6) is 0 Å². The van der Waals surface area contributed by atoms with E-state index in [1.807, 2.05) is 0 Å². The maximum absolute atomic E-state index is 10.6. The number of rotatable bonds is 4. The Kier molecular flexibility index (Phi) is 2.79. The van der Waals surface area contributed by atoms with E-state index in [1.54, 1.807) is 0 Å². The molecule has 0 amide bonds. The van der Waals surface area contributed by atoms with E-state index < -0.39 is 5.97 Å². The van der Waals surface area contributed by atoms with Crippen LogP contribution in [0.2, 0.25) is 0 Å². The number of hydrogen-bond donors (Lipinski definition) is 2.